The van der Waals surface area contributed by atoms with E-state index in [2.05, 4.69) is 26.9 Å². The number of aromatic nitrogens is 1. The molecule has 4 heterocycles. The van der Waals surface area contributed by atoms with Gasteiger partial charge in [0.2, 0.25) is 0 Å². The van der Waals surface area contributed by atoms with Gasteiger partial charge < -0.3 is 10.0 Å². The fourth-order valence-electron chi connectivity index (χ4n) is 5.94. The Balaban J connectivity index is 0.000000775. The fraction of sp³-hybridized carbons (Fsp3) is 0.480. The lowest BCUT2D eigenvalue weighted by Crippen LogP contribution is -2.64. The number of fused-ring (bicyclic) bond motifs is 4. The van der Waals surface area contributed by atoms with E-state index in [0.717, 1.165) is 30.9 Å². The van der Waals surface area contributed by atoms with Gasteiger partial charge in [-0.15, -0.1) is 0 Å². The highest BCUT2D eigenvalue weighted by Gasteiger charge is 2.47. The third-order valence-corrected chi connectivity index (χ3v) is 7.15. The van der Waals surface area contributed by atoms with Crippen LogP contribution in [-0.4, -0.2) is 53.2 Å². The summed E-state index contributed by atoms with van der Waals surface area (Å²) in [6.45, 7) is 2.90. The van der Waals surface area contributed by atoms with E-state index < -0.39 is 0 Å². The van der Waals surface area contributed by atoms with Crippen LogP contribution in [0, 0.1) is 29.0 Å². The minimum atomic E-state index is -0.250. The Labute approximate surface area is 188 Å². The fourth-order valence-corrected chi connectivity index (χ4v) is 5.94. The van der Waals surface area contributed by atoms with Crippen LogP contribution in [0.4, 0.5) is 10.2 Å². The molecule has 6 nitrogen and oxygen atoms in total. The molecule has 3 aliphatic rings. The summed E-state index contributed by atoms with van der Waals surface area (Å²) in [5.41, 5.74) is 1.76. The molecule has 4 atom stereocenters. The van der Waals surface area contributed by atoms with Gasteiger partial charge in [0.05, 0.1) is 11.6 Å². The van der Waals surface area contributed by atoms with Gasteiger partial charge in [-0.1, -0.05) is 18.6 Å². The van der Waals surface area contributed by atoms with Gasteiger partial charge >= 0.3 is 0 Å². The number of pyridine rings is 1. The smallest absolute Gasteiger partial charge is 0.290 e. The molecule has 1 aromatic carbocycles. The molecule has 2 bridgehead atoms. The average Bonchev–Trinajstić information content (AvgIpc) is 2.82. The maximum atomic E-state index is 13.8. The molecule has 168 valence electrons. The zero-order chi connectivity index (χ0) is 22.5. The van der Waals surface area contributed by atoms with Crippen molar-refractivity contribution in [1.82, 2.24) is 9.88 Å². The quantitative estimate of drug-likeness (QED) is 0.739. The highest BCUT2D eigenvalue weighted by atomic mass is 19.1. The number of piperidine rings is 3. The second-order valence-corrected chi connectivity index (χ2v) is 8.98. The van der Waals surface area contributed by atoms with Crippen LogP contribution in [0.2, 0.25) is 0 Å². The second kappa shape index (κ2) is 10.1. The predicted octanol–water partition coefficient (Wildman–Crippen LogP) is 3.72. The van der Waals surface area contributed by atoms with E-state index >= 15 is 0 Å². The van der Waals surface area contributed by atoms with Gasteiger partial charge in [0.1, 0.15) is 11.6 Å². The summed E-state index contributed by atoms with van der Waals surface area (Å²) < 4.78 is 13.8. The molecule has 1 N–H and O–H groups in total. The van der Waals surface area contributed by atoms with Crippen LogP contribution >= 0.6 is 0 Å². The van der Waals surface area contributed by atoms with Crippen molar-refractivity contribution in [2.24, 2.45) is 11.8 Å². The number of rotatable bonds is 3. The molecule has 0 unspecified atom stereocenters. The van der Waals surface area contributed by atoms with Gasteiger partial charge in [-0.25, -0.2) is 9.37 Å². The Hall–Kier alpha value is -2.98. The monoisotopic (exact) mass is 436 g/mol. The van der Waals surface area contributed by atoms with Crippen molar-refractivity contribution in [1.29, 1.82) is 5.26 Å². The first-order valence-electron chi connectivity index (χ1n) is 11.3. The van der Waals surface area contributed by atoms with Crippen molar-refractivity contribution in [3.05, 3.63) is 59.5 Å². The topological polar surface area (TPSA) is 80.5 Å². The van der Waals surface area contributed by atoms with E-state index in [0.29, 0.717) is 29.5 Å². The van der Waals surface area contributed by atoms with Crippen molar-refractivity contribution in [2.75, 3.05) is 24.5 Å². The van der Waals surface area contributed by atoms with E-state index in [1.54, 1.807) is 18.3 Å². The summed E-state index contributed by atoms with van der Waals surface area (Å²) >= 11 is 0. The van der Waals surface area contributed by atoms with Crippen LogP contribution in [0.3, 0.4) is 0 Å². The van der Waals surface area contributed by atoms with Crippen LogP contribution in [0.1, 0.15) is 36.8 Å². The van der Waals surface area contributed by atoms with Crippen molar-refractivity contribution >= 4 is 12.3 Å². The Morgan fingerprint density at radius 2 is 2.03 bits per heavy atom. The molecule has 3 saturated heterocycles. The summed E-state index contributed by atoms with van der Waals surface area (Å²) in [6.07, 6.45) is 7.73. The van der Waals surface area contributed by atoms with Gasteiger partial charge in [-0.05, 0) is 73.9 Å². The van der Waals surface area contributed by atoms with E-state index in [9.17, 15) is 9.65 Å². The second-order valence-electron chi connectivity index (χ2n) is 8.98. The van der Waals surface area contributed by atoms with Crippen molar-refractivity contribution in [3.63, 3.8) is 0 Å². The molecule has 5 rings (SSSR count). The molecule has 32 heavy (non-hydrogen) atoms. The van der Waals surface area contributed by atoms with Crippen LogP contribution in [-0.2, 0) is 11.2 Å². The summed E-state index contributed by atoms with van der Waals surface area (Å²) in [7, 11) is 0. The van der Waals surface area contributed by atoms with Gasteiger partial charge in [0.15, 0.2) is 0 Å². The largest absolute Gasteiger partial charge is 0.483 e. The van der Waals surface area contributed by atoms with Crippen LogP contribution in [0.25, 0.3) is 0 Å². The summed E-state index contributed by atoms with van der Waals surface area (Å²) in [5.74, 6) is 1.96. The summed E-state index contributed by atoms with van der Waals surface area (Å²) in [6, 6.07) is 14.1. The molecule has 7 heteroatoms. The first-order chi connectivity index (χ1) is 15.6. The lowest BCUT2D eigenvalue weighted by atomic mass is 9.71. The van der Waals surface area contributed by atoms with Gasteiger partial charge in [0, 0.05) is 31.4 Å². The molecule has 1 aromatic heterocycles. The number of halogens is 1. The lowest BCUT2D eigenvalue weighted by Gasteiger charge is -2.57. The zero-order valence-corrected chi connectivity index (χ0v) is 18.1. The number of anilines is 1. The van der Waals surface area contributed by atoms with E-state index in [4.69, 9.17) is 9.90 Å². The minimum absolute atomic E-state index is 0.144. The summed E-state index contributed by atoms with van der Waals surface area (Å²) in [4.78, 5) is 18.1. The molecule has 3 aliphatic heterocycles. The first-order valence-corrected chi connectivity index (χ1v) is 11.3. The highest BCUT2D eigenvalue weighted by Crippen LogP contribution is 2.43. The lowest BCUT2D eigenvalue weighted by molar-refractivity contribution is -0.122. The van der Waals surface area contributed by atoms with Gasteiger partial charge in [-0.3, -0.25) is 9.69 Å². The van der Waals surface area contributed by atoms with Crippen molar-refractivity contribution in [2.45, 2.75) is 44.2 Å². The van der Waals surface area contributed by atoms with Crippen LogP contribution in [0.5, 0.6) is 0 Å². The summed E-state index contributed by atoms with van der Waals surface area (Å²) in [5, 5.41) is 16.2. The molecule has 0 amide bonds. The van der Waals surface area contributed by atoms with Crippen LogP contribution in [0.15, 0.2) is 42.6 Å². The van der Waals surface area contributed by atoms with Gasteiger partial charge in [-0.2, -0.15) is 5.26 Å². The van der Waals surface area contributed by atoms with E-state index in [-0.39, 0.29) is 12.3 Å². The van der Waals surface area contributed by atoms with Crippen molar-refractivity contribution in [3.8, 4) is 6.07 Å². The molecule has 2 aromatic rings. The van der Waals surface area contributed by atoms with Gasteiger partial charge in [0.25, 0.3) is 6.47 Å². The molecular weight excluding hydrogens is 407 g/mol. The molecule has 3 fully saturated rings. The Bertz CT molecular complexity index is 978. The van der Waals surface area contributed by atoms with Crippen LogP contribution < -0.4 is 4.90 Å². The zero-order valence-electron chi connectivity index (χ0n) is 18.1. The van der Waals surface area contributed by atoms with Crippen molar-refractivity contribution < 1.29 is 14.3 Å². The first kappa shape index (κ1) is 22.2. The number of hydrogen-bond donors (Lipinski definition) is 1. The molecule has 0 saturated carbocycles. The number of nitriles is 1. The molecule has 0 spiro atoms. The Morgan fingerprint density at radius 1 is 1.22 bits per heavy atom. The average molecular weight is 437 g/mol. The normalized spacial score (nSPS) is 26.8. The maximum Gasteiger partial charge on any atom is 0.290 e. The number of benzene rings is 1. The Kier molecular flexibility index (Phi) is 7.01. The number of nitrogens with zero attached hydrogens (tertiary/aromatic N) is 4. The molecule has 0 radical (unpaired) electrons. The third-order valence-electron chi connectivity index (χ3n) is 7.15. The molecule has 0 aliphatic carbocycles. The number of hydrogen-bond acceptors (Lipinski definition) is 5. The SMILES string of the molecule is N#Cc1ccnc(N2C[C@H]3C[C@@H](C2)[C@H](Cc2cccc(F)c2)N2CCCC[C@@H]32)c1.O=CO. The predicted molar refractivity (Wildman–Crippen MR) is 120 cm³/mol. The third kappa shape index (κ3) is 4.76. The number of carbonyl (C=O) groups is 1. The highest BCUT2D eigenvalue weighted by molar-refractivity contribution is 5.46. The van der Waals surface area contributed by atoms with E-state index in [1.165, 1.54) is 38.3 Å². The number of carboxylic acid groups (broad SMARTS) is 1. The maximum absolute atomic E-state index is 13.8. The standard InChI is InChI=1S/C24H27FN4.CH2O2/c25-21-5-3-4-17(10-21)11-23-20-13-19(22-6-1-2-9-29(22)23)15-28(16-20)24-12-18(14-26)7-8-27-24;2-1-3/h3-5,7-8,10,12,19-20,22-23H,1-2,6,9,11,13,15-16H2;1H,(H,2,3)/t19-,20+,22+,23+;/m1./s1. The minimum Gasteiger partial charge on any atom is -0.483 e. The molecular formula is C25H29FN4O2. The Morgan fingerprint density at radius 3 is 2.81 bits per heavy atom. The van der Waals surface area contributed by atoms with E-state index in [1.807, 2.05) is 12.1 Å².